The average molecular weight is 370 g/mol. The molecule has 0 aliphatic carbocycles. The Morgan fingerprint density at radius 2 is 2.04 bits per heavy atom. The molecule has 0 aromatic heterocycles. The fourth-order valence-corrected chi connectivity index (χ4v) is 3.55. The van der Waals surface area contributed by atoms with E-state index < -0.39 is 0 Å². The molecule has 1 aromatic rings. The van der Waals surface area contributed by atoms with E-state index in [4.69, 9.17) is 21.1 Å². The van der Waals surface area contributed by atoms with Gasteiger partial charge in [0.15, 0.2) is 11.5 Å². The predicted molar refractivity (Wildman–Crippen MR) is 96.7 cm³/mol. The third-order valence-electron chi connectivity index (χ3n) is 3.69. The number of ether oxygens (including phenoxy) is 2. The molecule has 0 bridgehead atoms. The van der Waals surface area contributed by atoms with Crippen molar-refractivity contribution in [3.05, 3.63) is 27.6 Å². The molecule has 0 saturated carbocycles. The van der Waals surface area contributed by atoms with Crippen LogP contribution in [0.25, 0.3) is 6.08 Å². The average Bonchev–Trinajstić information content (AvgIpc) is 2.81. The molecule has 1 saturated heterocycles. The van der Waals surface area contributed by atoms with Crippen molar-refractivity contribution in [2.75, 3.05) is 13.7 Å². The van der Waals surface area contributed by atoms with Crippen molar-refractivity contribution in [3.8, 4) is 11.5 Å². The molecule has 1 heterocycles. The van der Waals surface area contributed by atoms with Crippen LogP contribution < -0.4 is 9.47 Å². The third-order valence-corrected chi connectivity index (χ3v) is 4.85. The van der Waals surface area contributed by atoms with E-state index in [1.165, 1.54) is 12.0 Å². The molecule has 24 heavy (non-hydrogen) atoms. The first-order chi connectivity index (χ1) is 11.4. The van der Waals surface area contributed by atoms with Crippen LogP contribution in [0.1, 0.15) is 32.8 Å². The molecule has 1 fully saturated rings. The summed E-state index contributed by atoms with van der Waals surface area (Å²) in [5.41, 5.74) is 0.680. The van der Waals surface area contributed by atoms with Gasteiger partial charge in [-0.3, -0.25) is 14.5 Å². The lowest BCUT2D eigenvalue weighted by atomic mass is 10.1. The Balaban J connectivity index is 2.38. The van der Waals surface area contributed by atoms with Crippen LogP contribution in [0.15, 0.2) is 17.0 Å². The third kappa shape index (κ3) is 3.70. The van der Waals surface area contributed by atoms with Crippen molar-refractivity contribution in [3.63, 3.8) is 0 Å². The summed E-state index contributed by atoms with van der Waals surface area (Å²) >= 11 is 7.16. The molecular formula is C17H20ClNO4S. The molecular weight excluding hydrogens is 350 g/mol. The second-order valence-electron chi connectivity index (χ2n) is 5.28. The number of imide groups is 1. The molecule has 1 aromatic carbocycles. The molecule has 1 aliphatic rings. The highest BCUT2D eigenvalue weighted by molar-refractivity contribution is 8.18. The van der Waals surface area contributed by atoms with Crippen molar-refractivity contribution in [2.45, 2.75) is 33.2 Å². The van der Waals surface area contributed by atoms with Crippen molar-refractivity contribution >= 4 is 40.6 Å². The van der Waals surface area contributed by atoms with Crippen LogP contribution in [0.5, 0.6) is 11.5 Å². The smallest absolute Gasteiger partial charge is 0.293 e. The van der Waals surface area contributed by atoms with Crippen LogP contribution in [-0.2, 0) is 4.79 Å². The van der Waals surface area contributed by atoms with E-state index >= 15 is 0 Å². The quantitative estimate of drug-likeness (QED) is 0.687. The fraction of sp³-hybridized carbons (Fsp3) is 0.412. The van der Waals surface area contributed by atoms with Gasteiger partial charge in [-0.05, 0) is 55.8 Å². The van der Waals surface area contributed by atoms with Gasteiger partial charge in [0.25, 0.3) is 11.1 Å². The molecule has 0 radical (unpaired) electrons. The number of methoxy groups -OCH3 is 1. The zero-order chi connectivity index (χ0) is 17.9. The SMILES string of the molecule is CCOc1cc(/C=C2/SC(=O)N([C@H](C)CC)C2=O)cc(Cl)c1OC. The Kier molecular flexibility index (Phi) is 6.18. The van der Waals surface area contributed by atoms with E-state index in [-0.39, 0.29) is 17.2 Å². The number of hydrogen-bond donors (Lipinski definition) is 0. The summed E-state index contributed by atoms with van der Waals surface area (Å²) in [6, 6.07) is 3.30. The lowest BCUT2D eigenvalue weighted by Gasteiger charge is -2.19. The summed E-state index contributed by atoms with van der Waals surface area (Å²) < 4.78 is 10.8. The van der Waals surface area contributed by atoms with Crippen LogP contribution in [0.3, 0.4) is 0 Å². The van der Waals surface area contributed by atoms with Gasteiger partial charge in [0.05, 0.1) is 23.6 Å². The van der Waals surface area contributed by atoms with Gasteiger partial charge in [0.2, 0.25) is 0 Å². The molecule has 5 nitrogen and oxygen atoms in total. The largest absolute Gasteiger partial charge is 0.491 e. The molecule has 0 spiro atoms. The summed E-state index contributed by atoms with van der Waals surface area (Å²) in [5, 5.41) is 0.140. The standard InChI is InChI=1S/C17H20ClNO4S/c1-5-10(3)19-16(20)14(24-17(19)21)9-11-7-12(18)15(22-4)13(8-11)23-6-2/h7-10H,5-6H2,1-4H3/b14-9+/t10-/m1/s1. The summed E-state index contributed by atoms with van der Waals surface area (Å²) in [4.78, 5) is 26.2. The minimum atomic E-state index is -0.274. The van der Waals surface area contributed by atoms with E-state index in [9.17, 15) is 9.59 Å². The van der Waals surface area contributed by atoms with Gasteiger partial charge >= 0.3 is 0 Å². The van der Waals surface area contributed by atoms with Gasteiger partial charge < -0.3 is 9.47 Å². The van der Waals surface area contributed by atoms with Crippen LogP contribution in [0.4, 0.5) is 4.79 Å². The van der Waals surface area contributed by atoms with Crippen molar-refractivity contribution in [1.82, 2.24) is 4.90 Å². The molecule has 7 heteroatoms. The Morgan fingerprint density at radius 1 is 1.33 bits per heavy atom. The number of amides is 2. The Morgan fingerprint density at radius 3 is 2.62 bits per heavy atom. The number of carbonyl (C=O) groups excluding carboxylic acids is 2. The van der Waals surface area contributed by atoms with E-state index in [0.717, 1.165) is 11.8 Å². The highest BCUT2D eigenvalue weighted by Gasteiger charge is 2.37. The van der Waals surface area contributed by atoms with Gasteiger partial charge in [-0.15, -0.1) is 0 Å². The van der Waals surface area contributed by atoms with Crippen molar-refractivity contribution in [1.29, 1.82) is 0 Å². The van der Waals surface area contributed by atoms with Crippen LogP contribution in [-0.4, -0.2) is 35.8 Å². The van der Waals surface area contributed by atoms with Gasteiger partial charge in [-0.1, -0.05) is 18.5 Å². The molecule has 0 unspecified atom stereocenters. The number of nitrogens with zero attached hydrogens (tertiary/aromatic N) is 1. The zero-order valence-electron chi connectivity index (χ0n) is 14.1. The Hall–Kier alpha value is -1.66. The first-order valence-electron chi connectivity index (χ1n) is 7.70. The highest BCUT2D eigenvalue weighted by atomic mass is 35.5. The van der Waals surface area contributed by atoms with E-state index in [0.29, 0.717) is 40.0 Å². The van der Waals surface area contributed by atoms with Crippen LogP contribution in [0.2, 0.25) is 5.02 Å². The second kappa shape index (κ2) is 7.94. The van der Waals surface area contributed by atoms with Gasteiger partial charge in [0.1, 0.15) is 0 Å². The summed E-state index contributed by atoms with van der Waals surface area (Å²) in [7, 11) is 1.51. The second-order valence-corrected chi connectivity index (χ2v) is 6.68. The number of halogens is 1. The number of thioether (sulfide) groups is 1. The maximum absolute atomic E-state index is 12.5. The van der Waals surface area contributed by atoms with E-state index in [1.54, 1.807) is 18.2 Å². The number of rotatable bonds is 6. The van der Waals surface area contributed by atoms with Gasteiger partial charge in [-0.2, -0.15) is 0 Å². The Labute approximate surface area is 150 Å². The van der Waals surface area contributed by atoms with E-state index in [1.807, 2.05) is 20.8 Å². The van der Waals surface area contributed by atoms with Crippen LogP contribution in [0, 0.1) is 0 Å². The molecule has 2 amide bonds. The van der Waals surface area contributed by atoms with Crippen molar-refractivity contribution in [2.24, 2.45) is 0 Å². The monoisotopic (exact) mass is 369 g/mol. The highest BCUT2D eigenvalue weighted by Crippen LogP contribution is 2.39. The maximum atomic E-state index is 12.5. The summed E-state index contributed by atoms with van der Waals surface area (Å²) in [5.74, 6) is 0.674. The first-order valence-corrected chi connectivity index (χ1v) is 8.89. The molecule has 0 N–H and O–H groups in total. The Bertz CT molecular complexity index is 689. The van der Waals surface area contributed by atoms with E-state index in [2.05, 4.69) is 0 Å². The van der Waals surface area contributed by atoms with Gasteiger partial charge in [0, 0.05) is 6.04 Å². The predicted octanol–water partition coefficient (Wildman–Crippen LogP) is 4.58. The summed E-state index contributed by atoms with van der Waals surface area (Å²) in [6.45, 7) is 6.12. The maximum Gasteiger partial charge on any atom is 0.293 e. The summed E-state index contributed by atoms with van der Waals surface area (Å²) in [6.07, 6.45) is 2.37. The normalized spacial score (nSPS) is 17.5. The van der Waals surface area contributed by atoms with Crippen molar-refractivity contribution < 1.29 is 19.1 Å². The molecule has 1 atom stereocenters. The number of carbonyl (C=O) groups is 2. The fourth-order valence-electron chi connectivity index (χ4n) is 2.33. The first kappa shape index (κ1) is 18.7. The number of hydrogen-bond acceptors (Lipinski definition) is 5. The molecule has 2 rings (SSSR count). The lowest BCUT2D eigenvalue weighted by molar-refractivity contribution is -0.124. The zero-order valence-corrected chi connectivity index (χ0v) is 15.7. The lowest BCUT2D eigenvalue weighted by Crippen LogP contribution is -2.36. The minimum absolute atomic E-state index is 0.123. The van der Waals surface area contributed by atoms with Gasteiger partial charge in [-0.25, -0.2) is 0 Å². The number of benzene rings is 1. The minimum Gasteiger partial charge on any atom is -0.491 e. The molecule has 130 valence electrons. The van der Waals surface area contributed by atoms with Crippen LogP contribution >= 0.6 is 23.4 Å². The molecule has 1 aliphatic heterocycles. The topological polar surface area (TPSA) is 55.8 Å².